The minimum Gasteiger partial charge on any atom is -0.322 e. The van der Waals surface area contributed by atoms with Crippen molar-refractivity contribution >= 4 is 17.4 Å². The van der Waals surface area contributed by atoms with E-state index in [0.717, 1.165) is 28.1 Å². The minimum absolute atomic E-state index is 0.120. The van der Waals surface area contributed by atoms with Gasteiger partial charge < -0.3 is 5.32 Å². The number of hydrogen-bond donors (Lipinski definition) is 1. The third-order valence-corrected chi connectivity index (χ3v) is 4.14. The maximum absolute atomic E-state index is 12.6. The van der Waals surface area contributed by atoms with Crippen molar-refractivity contribution in [2.24, 2.45) is 0 Å². The topological polar surface area (TPSA) is 59.3 Å². The molecule has 0 saturated heterocycles. The number of hydrogen-bond acceptors (Lipinski definition) is 3. The predicted octanol–water partition coefficient (Wildman–Crippen LogP) is 4.27. The quantitative estimate of drug-likeness (QED) is 0.605. The van der Waals surface area contributed by atoms with Gasteiger partial charge in [-0.2, -0.15) is 0 Å². The van der Waals surface area contributed by atoms with Crippen LogP contribution in [0.5, 0.6) is 0 Å². The molecule has 2 heterocycles. The van der Waals surface area contributed by atoms with Crippen molar-refractivity contribution in [2.75, 3.05) is 5.32 Å². The van der Waals surface area contributed by atoms with Gasteiger partial charge in [-0.3, -0.25) is 9.20 Å². The van der Waals surface area contributed by atoms with Crippen LogP contribution in [0.3, 0.4) is 0 Å². The maximum Gasteiger partial charge on any atom is 0.255 e. The van der Waals surface area contributed by atoms with Gasteiger partial charge >= 0.3 is 0 Å². The van der Waals surface area contributed by atoms with Crippen LogP contribution in [0.25, 0.3) is 17.0 Å². The molecule has 4 rings (SSSR count). The summed E-state index contributed by atoms with van der Waals surface area (Å²) in [6, 6.07) is 15.4. The molecule has 0 bridgehead atoms. The number of carbonyl (C=O) groups excluding carboxylic acids is 1. The van der Waals surface area contributed by atoms with Crippen molar-refractivity contribution in [3.63, 3.8) is 0 Å². The minimum atomic E-state index is -0.120. The van der Waals surface area contributed by atoms with Crippen molar-refractivity contribution in [1.29, 1.82) is 0 Å². The van der Waals surface area contributed by atoms with Crippen LogP contribution in [0.15, 0.2) is 67.1 Å². The molecule has 2 aromatic heterocycles. The zero-order chi connectivity index (χ0) is 18.1. The monoisotopic (exact) mass is 342 g/mol. The van der Waals surface area contributed by atoms with E-state index >= 15 is 0 Å². The molecule has 0 unspecified atom stereocenters. The predicted molar refractivity (Wildman–Crippen MR) is 102 cm³/mol. The van der Waals surface area contributed by atoms with Crippen LogP contribution >= 0.6 is 0 Å². The van der Waals surface area contributed by atoms with Gasteiger partial charge in [0.2, 0.25) is 5.78 Å². The lowest BCUT2D eigenvalue weighted by Gasteiger charge is -2.08. The number of nitrogens with zero attached hydrogens (tertiary/aromatic N) is 3. The molecule has 0 aliphatic carbocycles. The number of nitrogens with one attached hydrogen (secondary N) is 1. The molecule has 0 fully saturated rings. The lowest BCUT2D eigenvalue weighted by atomic mass is 10.1. The van der Waals surface area contributed by atoms with Crippen molar-refractivity contribution < 1.29 is 4.79 Å². The summed E-state index contributed by atoms with van der Waals surface area (Å²) in [5, 5.41) is 2.97. The molecule has 1 amide bonds. The smallest absolute Gasteiger partial charge is 0.255 e. The lowest BCUT2D eigenvalue weighted by Crippen LogP contribution is -2.12. The third-order valence-electron chi connectivity index (χ3n) is 4.14. The van der Waals surface area contributed by atoms with Gasteiger partial charge in [0.1, 0.15) is 0 Å². The number of anilines is 1. The number of carbonyl (C=O) groups is 1. The number of aryl methyl sites for hydroxylation is 2. The van der Waals surface area contributed by atoms with Crippen LogP contribution in [-0.4, -0.2) is 20.3 Å². The van der Waals surface area contributed by atoms with Crippen LogP contribution in [0.1, 0.15) is 21.5 Å². The molecule has 1 N–H and O–H groups in total. The normalized spacial score (nSPS) is 10.8. The summed E-state index contributed by atoms with van der Waals surface area (Å²) in [4.78, 5) is 21.3. The van der Waals surface area contributed by atoms with Gasteiger partial charge in [0, 0.05) is 35.4 Å². The zero-order valence-electron chi connectivity index (χ0n) is 14.6. The van der Waals surface area contributed by atoms with Crippen LogP contribution in [0.4, 0.5) is 5.69 Å². The van der Waals surface area contributed by atoms with Gasteiger partial charge in [-0.15, -0.1) is 0 Å². The molecule has 0 atom stereocenters. The molecule has 0 aliphatic heterocycles. The number of imidazole rings is 1. The van der Waals surface area contributed by atoms with Gasteiger partial charge in [0.05, 0.1) is 5.69 Å². The van der Waals surface area contributed by atoms with Gasteiger partial charge in [0.25, 0.3) is 5.91 Å². The van der Waals surface area contributed by atoms with E-state index in [4.69, 9.17) is 0 Å². The lowest BCUT2D eigenvalue weighted by molar-refractivity contribution is 0.102. The van der Waals surface area contributed by atoms with Crippen LogP contribution in [0.2, 0.25) is 0 Å². The Labute approximate surface area is 151 Å². The average Bonchev–Trinajstić information content (AvgIpc) is 3.05. The first-order valence-corrected chi connectivity index (χ1v) is 8.38. The molecule has 2 aromatic carbocycles. The highest BCUT2D eigenvalue weighted by Gasteiger charge is 2.09. The van der Waals surface area contributed by atoms with Crippen LogP contribution in [-0.2, 0) is 0 Å². The van der Waals surface area contributed by atoms with E-state index in [1.165, 1.54) is 0 Å². The second-order valence-electron chi connectivity index (χ2n) is 6.36. The number of fused-ring (bicyclic) bond motifs is 1. The Morgan fingerprint density at radius 1 is 1.04 bits per heavy atom. The molecular formula is C21H18N4O. The van der Waals surface area contributed by atoms with E-state index in [1.807, 2.05) is 73.1 Å². The Morgan fingerprint density at radius 2 is 1.85 bits per heavy atom. The molecule has 5 nitrogen and oxygen atoms in total. The second-order valence-corrected chi connectivity index (χ2v) is 6.36. The van der Waals surface area contributed by atoms with Crippen molar-refractivity contribution in [2.45, 2.75) is 13.8 Å². The molecule has 26 heavy (non-hydrogen) atoms. The van der Waals surface area contributed by atoms with Crippen LogP contribution < -0.4 is 5.32 Å². The number of benzene rings is 2. The van der Waals surface area contributed by atoms with Gasteiger partial charge in [-0.25, -0.2) is 9.97 Å². The highest BCUT2D eigenvalue weighted by molar-refractivity contribution is 6.04. The Hall–Kier alpha value is -3.47. The molecule has 0 saturated carbocycles. The Balaban J connectivity index is 1.62. The largest absolute Gasteiger partial charge is 0.322 e. The average molecular weight is 342 g/mol. The first-order chi connectivity index (χ1) is 12.6. The summed E-state index contributed by atoms with van der Waals surface area (Å²) in [7, 11) is 0. The summed E-state index contributed by atoms with van der Waals surface area (Å²) >= 11 is 0. The molecule has 5 heteroatoms. The van der Waals surface area contributed by atoms with E-state index in [2.05, 4.69) is 21.4 Å². The fraction of sp³-hybridized carbons (Fsp3) is 0.0952. The summed E-state index contributed by atoms with van der Waals surface area (Å²) in [6.45, 7) is 3.98. The molecule has 0 spiro atoms. The fourth-order valence-electron chi connectivity index (χ4n) is 3.03. The molecule has 128 valence electrons. The molecule has 0 radical (unpaired) electrons. The number of amides is 1. The number of rotatable bonds is 3. The van der Waals surface area contributed by atoms with E-state index in [9.17, 15) is 4.79 Å². The molecule has 4 aromatic rings. The van der Waals surface area contributed by atoms with Crippen LogP contribution in [0, 0.1) is 13.8 Å². The van der Waals surface area contributed by atoms with Gasteiger partial charge in [-0.05, 0) is 44.2 Å². The Kier molecular flexibility index (Phi) is 3.97. The van der Waals surface area contributed by atoms with E-state index in [1.54, 1.807) is 6.20 Å². The Bertz CT molecular complexity index is 1060. The highest BCUT2D eigenvalue weighted by atomic mass is 16.1. The first kappa shape index (κ1) is 16.0. The van der Waals surface area contributed by atoms with Crippen molar-refractivity contribution in [3.05, 3.63) is 83.8 Å². The summed E-state index contributed by atoms with van der Waals surface area (Å²) < 4.78 is 1.87. The van der Waals surface area contributed by atoms with Gasteiger partial charge in [-0.1, -0.05) is 29.3 Å². The number of aromatic nitrogens is 3. The van der Waals surface area contributed by atoms with Crippen molar-refractivity contribution in [3.8, 4) is 11.3 Å². The first-order valence-electron chi connectivity index (χ1n) is 8.38. The zero-order valence-corrected chi connectivity index (χ0v) is 14.6. The highest BCUT2D eigenvalue weighted by Crippen LogP contribution is 2.22. The molecule has 0 aliphatic rings. The van der Waals surface area contributed by atoms with Crippen molar-refractivity contribution in [1.82, 2.24) is 14.4 Å². The van der Waals surface area contributed by atoms with Gasteiger partial charge in [0.15, 0.2) is 0 Å². The summed E-state index contributed by atoms with van der Waals surface area (Å²) in [5.74, 6) is 0.526. The van der Waals surface area contributed by atoms with E-state index < -0.39 is 0 Å². The SMILES string of the molecule is Cc1cc(C)cc(C(=O)Nc2cccc(-c3cn4cccnc4n3)c2)c1. The standard InChI is InChI=1S/C21H18N4O/c1-14-9-15(2)11-17(10-14)20(26)23-18-6-3-5-16(12-18)19-13-25-8-4-7-22-21(25)24-19/h3-13H,1-2H3,(H,23,26). The summed E-state index contributed by atoms with van der Waals surface area (Å²) in [6.07, 6.45) is 5.55. The second kappa shape index (κ2) is 6.44. The molecular weight excluding hydrogens is 324 g/mol. The van der Waals surface area contributed by atoms with E-state index in [0.29, 0.717) is 11.3 Å². The maximum atomic E-state index is 12.6. The third kappa shape index (κ3) is 3.19. The Morgan fingerprint density at radius 3 is 2.62 bits per heavy atom. The fourth-order valence-corrected chi connectivity index (χ4v) is 3.03. The summed E-state index contributed by atoms with van der Waals surface area (Å²) in [5.41, 5.74) is 5.27. The van der Waals surface area contributed by atoms with E-state index in [-0.39, 0.29) is 5.91 Å².